The summed E-state index contributed by atoms with van der Waals surface area (Å²) in [6.07, 6.45) is 1.19. The van der Waals surface area contributed by atoms with E-state index in [0.717, 1.165) is 24.8 Å². The van der Waals surface area contributed by atoms with Crippen LogP contribution in [0.15, 0.2) is 36.4 Å². The first-order valence-corrected chi connectivity index (χ1v) is 13.3. The van der Waals surface area contributed by atoms with Gasteiger partial charge in [-0.1, -0.05) is 18.2 Å². The van der Waals surface area contributed by atoms with Crippen molar-refractivity contribution >= 4 is 16.1 Å². The highest BCUT2D eigenvalue weighted by atomic mass is 32.2. The van der Waals surface area contributed by atoms with Crippen molar-refractivity contribution in [2.45, 2.75) is 51.3 Å². The number of hydrogen-bond donors (Lipinski definition) is 1. The standard InChI is InChI=1S/C25H29F3N2O4S/c1-25(2,3)34-24(31)30-13-16-10-20(16)23(29-35(4,32)33)21(30)11-14-6-5-7-19(22(14)28)15-8-17(26)12-18(27)9-15/h5-9,12,16,20-21,23,29H,10-11,13H2,1-4H3. The van der Waals surface area contributed by atoms with Crippen molar-refractivity contribution in [1.82, 2.24) is 9.62 Å². The number of likely N-dealkylation sites (tertiary alicyclic amines) is 1. The number of nitrogens with one attached hydrogen (secondary N) is 1. The number of halogens is 3. The van der Waals surface area contributed by atoms with Crippen LogP contribution in [-0.4, -0.2) is 49.9 Å². The summed E-state index contributed by atoms with van der Waals surface area (Å²) in [6.45, 7) is 5.58. The quantitative estimate of drug-likeness (QED) is 0.643. The molecule has 0 bridgehead atoms. The summed E-state index contributed by atoms with van der Waals surface area (Å²) in [5, 5.41) is 0. The number of rotatable bonds is 5. The van der Waals surface area contributed by atoms with Crippen LogP contribution in [0, 0.1) is 29.3 Å². The van der Waals surface area contributed by atoms with Crippen LogP contribution < -0.4 is 4.72 Å². The van der Waals surface area contributed by atoms with Crippen molar-refractivity contribution < 1.29 is 31.1 Å². The number of fused-ring (bicyclic) bond motifs is 1. The van der Waals surface area contributed by atoms with E-state index in [1.165, 1.54) is 17.0 Å². The first kappa shape index (κ1) is 25.5. The smallest absolute Gasteiger partial charge is 0.410 e. The van der Waals surface area contributed by atoms with E-state index in [1.807, 2.05) is 0 Å². The van der Waals surface area contributed by atoms with Gasteiger partial charge in [0.15, 0.2) is 0 Å². The van der Waals surface area contributed by atoms with Crippen LogP contribution in [0.2, 0.25) is 0 Å². The van der Waals surface area contributed by atoms with Gasteiger partial charge in [0.1, 0.15) is 23.1 Å². The van der Waals surface area contributed by atoms with Crippen LogP contribution in [-0.2, 0) is 21.2 Å². The highest BCUT2D eigenvalue weighted by Gasteiger charge is 2.55. The van der Waals surface area contributed by atoms with Gasteiger partial charge in [0, 0.05) is 24.2 Å². The number of sulfonamides is 1. The number of benzene rings is 2. The van der Waals surface area contributed by atoms with E-state index in [0.29, 0.717) is 12.6 Å². The van der Waals surface area contributed by atoms with Crippen LogP contribution in [0.3, 0.4) is 0 Å². The monoisotopic (exact) mass is 510 g/mol. The molecule has 10 heteroatoms. The van der Waals surface area contributed by atoms with Crippen LogP contribution in [0.5, 0.6) is 0 Å². The summed E-state index contributed by atoms with van der Waals surface area (Å²) >= 11 is 0. The lowest BCUT2D eigenvalue weighted by atomic mass is 9.90. The minimum atomic E-state index is -3.62. The average Bonchev–Trinajstić information content (AvgIpc) is 3.47. The van der Waals surface area contributed by atoms with Gasteiger partial charge < -0.3 is 9.64 Å². The Bertz CT molecular complexity index is 1230. The number of amides is 1. The molecule has 190 valence electrons. The highest BCUT2D eigenvalue weighted by Crippen LogP contribution is 2.48. The van der Waals surface area contributed by atoms with Crippen LogP contribution in [0.4, 0.5) is 18.0 Å². The third kappa shape index (κ3) is 5.98. The van der Waals surface area contributed by atoms with Gasteiger partial charge in [-0.2, -0.15) is 0 Å². The molecule has 0 spiro atoms. The molecule has 1 saturated carbocycles. The zero-order valence-corrected chi connectivity index (χ0v) is 20.8. The van der Waals surface area contributed by atoms with Crippen molar-refractivity contribution in [2.24, 2.45) is 11.8 Å². The molecular formula is C25H29F3N2O4S. The lowest BCUT2D eigenvalue weighted by molar-refractivity contribution is 0.00438. The van der Waals surface area contributed by atoms with Gasteiger partial charge >= 0.3 is 6.09 Å². The van der Waals surface area contributed by atoms with E-state index < -0.39 is 51.3 Å². The minimum Gasteiger partial charge on any atom is -0.444 e. The summed E-state index contributed by atoms with van der Waals surface area (Å²) < 4.78 is 75.7. The Morgan fingerprint density at radius 3 is 2.40 bits per heavy atom. The van der Waals surface area contributed by atoms with Crippen molar-refractivity contribution in [2.75, 3.05) is 12.8 Å². The molecule has 6 nitrogen and oxygen atoms in total. The molecule has 2 aromatic carbocycles. The van der Waals surface area contributed by atoms with Crippen molar-refractivity contribution in [1.29, 1.82) is 0 Å². The fourth-order valence-electron chi connectivity index (χ4n) is 4.86. The topological polar surface area (TPSA) is 75.7 Å². The van der Waals surface area contributed by atoms with Gasteiger partial charge in [0.05, 0.1) is 12.3 Å². The zero-order chi connectivity index (χ0) is 25.7. The van der Waals surface area contributed by atoms with Crippen LogP contribution in [0.1, 0.15) is 32.8 Å². The molecule has 1 amide bonds. The van der Waals surface area contributed by atoms with Crippen molar-refractivity contribution in [3.05, 3.63) is 59.4 Å². The predicted octanol–water partition coefficient (Wildman–Crippen LogP) is 4.49. The Kier molecular flexibility index (Phi) is 6.65. The van der Waals surface area contributed by atoms with Gasteiger partial charge in [-0.05, 0) is 68.7 Å². The molecule has 4 atom stereocenters. The van der Waals surface area contributed by atoms with Gasteiger partial charge in [-0.3, -0.25) is 0 Å². The molecule has 35 heavy (non-hydrogen) atoms. The molecule has 0 aromatic heterocycles. The van der Waals surface area contributed by atoms with E-state index in [4.69, 9.17) is 4.74 Å². The third-order valence-electron chi connectivity index (χ3n) is 6.34. The fraction of sp³-hybridized carbons (Fsp3) is 0.480. The predicted molar refractivity (Wildman–Crippen MR) is 126 cm³/mol. The minimum absolute atomic E-state index is 0.00682. The molecule has 1 aliphatic carbocycles. The van der Waals surface area contributed by atoms with Gasteiger partial charge in [0.2, 0.25) is 10.0 Å². The molecule has 1 aliphatic heterocycles. The molecule has 4 rings (SSSR count). The van der Waals surface area contributed by atoms with Crippen LogP contribution >= 0.6 is 0 Å². The Morgan fingerprint density at radius 1 is 1.14 bits per heavy atom. The van der Waals surface area contributed by atoms with E-state index >= 15 is 4.39 Å². The Morgan fingerprint density at radius 2 is 1.80 bits per heavy atom. The molecular weight excluding hydrogens is 481 g/mol. The van der Waals surface area contributed by atoms with Gasteiger partial charge in [-0.15, -0.1) is 0 Å². The second kappa shape index (κ2) is 9.13. The Balaban J connectivity index is 1.72. The summed E-state index contributed by atoms with van der Waals surface area (Å²) in [7, 11) is -3.62. The lowest BCUT2D eigenvalue weighted by Crippen LogP contribution is -2.59. The fourth-order valence-corrected chi connectivity index (χ4v) is 5.69. The summed E-state index contributed by atoms with van der Waals surface area (Å²) in [5.74, 6) is -2.19. The Labute approximate surface area is 203 Å². The number of ether oxygens (including phenoxy) is 1. The normalized spacial score (nSPS) is 24.1. The molecule has 2 fully saturated rings. The molecule has 1 saturated heterocycles. The third-order valence-corrected chi connectivity index (χ3v) is 7.04. The largest absolute Gasteiger partial charge is 0.444 e. The lowest BCUT2D eigenvalue weighted by Gasteiger charge is -2.41. The van der Waals surface area contributed by atoms with E-state index in [9.17, 15) is 22.0 Å². The SMILES string of the molecule is CC(C)(C)OC(=O)N1CC2CC2C(NS(C)(=O)=O)C1Cc1cccc(-c2cc(F)cc(F)c2)c1F. The second-order valence-electron chi connectivity index (χ2n) is 10.4. The van der Waals surface area contributed by atoms with Gasteiger partial charge in [0.25, 0.3) is 0 Å². The number of carbonyl (C=O) groups is 1. The molecule has 2 aromatic rings. The Hall–Kier alpha value is -2.59. The van der Waals surface area contributed by atoms with E-state index in [1.54, 1.807) is 26.8 Å². The maximum absolute atomic E-state index is 15.6. The van der Waals surface area contributed by atoms with Crippen molar-refractivity contribution in [3.8, 4) is 11.1 Å². The number of piperidine rings is 1. The molecule has 1 N–H and O–H groups in total. The highest BCUT2D eigenvalue weighted by molar-refractivity contribution is 7.88. The van der Waals surface area contributed by atoms with Crippen molar-refractivity contribution in [3.63, 3.8) is 0 Å². The van der Waals surface area contributed by atoms with E-state index in [-0.39, 0.29) is 34.9 Å². The molecule has 2 aliphatic rings. The number of hydrogen-bond acceptors (Lipinski definition) is 4. The summed E-state index contributed by atoms with van der Waals surface area (Å²) in [4.78, 5) is 14.6. The first-order valence-electron chi connectivity index (χ1n) is 11.4. The molecule has 0 radical (unpaired) electrons. The van der Waals surface area contributed by atoms with Crippen LogP contribution in [0.25, 0.3) is 11.1 Å². The summed E-state index contributed by atoms with van der Waals surface area (Å²) in [5.41, 5.74) is -0.515. The second-order valence-corrected chi connectivity index (χ2v) is 12.2. The number of nitrogens with zero attached hydrogens (tertiary/aromatic N) is 1. The van der Waals surface area contributed by atoms with Gasteiger partial charge in [-0.25, -0.2) is 31.1 Å². The van der Waals surface area contributed by atoms with E-state index in [2.05, 4.69) is 4.72 Å². The maximum atomic E-state index is 15.6. The number of carbonyl (C=O) groups excluding carboxylic acids is 1. The summed E-state index contributed by atoms with van der Waals surface area (Å²) in [6, 6.07) is 5.98. The molecule has 4 unspecified atom stereocenters. The molecule has 1 heterocycles. The maximum Gasteiger partial charge on any atom is 0.410 e. The first-order chi connectivity index (χ1) is 16.2. The average molecular weight is 511 g/mol. The zero-order valence-electron chi connectivity index (χ0n) is 20.0.